The number of halogens is 1. The molecular weight excluding hydrogens is 516 g/mol. The van der Waals surface area contributed by atoms with Crippen molar-refractivity contribution in [2.75, 3.05) is 13.1 Å². The van der Waals surface area contributed by atoms with Gasteiger partial charge in [-0.25, -0.2) is 4.98 Å². The second kappa shape index (κ2) is 11.5. The van der Waals surface area contributed by atoms with Gasteiger partial charge in [-0.15, -0.1) is 11.3 Å². The van der Waals surface area contributed by atoms with Gasteiger partial charge in [0.05, 0.1) is 15.6 Å². The maximum absolute atomic E-state index is 13.4. The number of ether oxygens (including phenoxy) is 1. The summed E-state index contributed by atoms with van der Waals surface area (Å²) in [6, 6.07) is 25.5. The van der Waals surface area contributed by atoms with Gasteiger partial charge >= 0.3 is 5.97 Å². The van der Waals surface area contributed by atoms with Crippen LogP contribution in [0.3, 0.4) is 0 Å². The number of amides is 1. The topological polar surface area (TPSA) is 59.5 Å². The molecule has 1 aromatic heterocycles. The Hall–Kier alpha value is -3.48. The monoisotopic (exact) mass is 544 g/mol. The molecule has 0 saturated carbocycles. The summed E-state index contributed by atoms with van der Waals surface area (Å²) in [5.74, 6) is -0.396. The highest BCUT2D eigenvalue weighted by atomic mass is 35.5. The van der Waals surface area contributed by atoms with E-state index in [0.29, 0.717) is 23.7 Å². The summed E-state index contributed by atoms with van der Waals surface area (Å²) in [5.41, 5.74) is 5.04. The number of piperidine rings is 1. The number of likely N-dealkylation sites (tertiary alicyclic amines) is 1. The van der Waals surface area contributed by atoms with E-state index in [2.05, 4.69) is 31.2 Å². The van der Waals surface area contributed by atoms with Crippen LogP contribution in [-0.2, 0) is 14.3 Å². The highest BCUT2D eigenvalue weighted by molar-refractivity contribution is 7.15. The Labute approximate surface area is 232 Å². The first-order valence-electron chi connectivity index (χ1n) is 12.7. The van der Waals surface area contributed by atoms with Gasteiger partial charge in [-0.2, -0.15) is 0 Å². The number of rotatable bonds is 6. The Bertz CT molecular complexity index is 1350. The quantitative estimate of drug-likeness (QED) is 0.236. The molecule has 1 saturated heterocycles. The van der Waals surface area contributed by atoms with Gasteiger partial charge in [0, 0.05) is 42.1 Å². The Morgan fingerprint density at radius 1 is 0.947 bits per heavy atom. The summed E-state index contributed by atoms with van der Waals surface area (Å²) < 4.78 is 5.45. The van der Waals surface area contributed by atoms with Crippen LogP contribution < -0.4 is 0 Å². The zero-order valence-corrected chi connectivity index (χ0v) is 23.0. The van der Waals surface area contributed by atoms with Gasteiger partial charge in [0.15, 0.2) is 0 Å². The lowest BCUT2D eigenvalue weighted by atomic mass is 9.96. The first kappa shape index (κ1) is 26.1. The molecule has 3 aromatic carbocycles. The van der Waals surface area contributed by atoms with Crippen molar-refractivity contribution >= 4 is 34.8 Å². The summed E-state index contributed by atoms with van der Waals surface area (Å²) in [6.45, 7) is 4.59. The molecule has 1 fully saturated rings. The van der Waals surface area contributed by atoms with Crippen LogP contribution >= 0.6 is 22.9 Å². The molecular formula is C31H29ClN2O3S. The zero-order valence-electron chi connectivity index (χ0n) is 21.4. The molecule has 1 atom stereocenters. The molecule has 0 N–H and O–H groups in total. The lowest BCUT2D eigenvalue weighted by molar-refractivity contribution is -0.159. The number of aromatic nitrogens is 1. The minimum atomic E-state index is -0.922. The average molecular weight is 545 g/mol. The SMILES string of the molecule is CC(=O)OC(C(=O)N1CCC(c2nc(-c3ccc(Cl)cc3)c(-c3ccc(C)cc3)s2)CC1)c1ccccc1. The third-order valence-electron chi connectivity index (χ3n) is 6.84. The van der Waals surface area contributed by atoms with Gasteiger partial charge in [0.2, 0.25) is 6.10 Å². The molecule has 38 heavy (non-hydrogen) atoms. The number of hydrogen-bond acceptors (Lipinski definition) is 5. The number of carbonyl (C=O) groups is 2. The number of hydrogen-bond donors (Lipinski definition) is 0. The van der Waals surface area contributed by atoms with Crippen molar-refractivity contribution < 1.29 is 14.3 Å². The van der Waals surface area contributed by atoms with E-state index in [0.717, 1.165) is 39.5 Å². The molecule has 0 radical (unpaired) electrons. The summed E-state index contributed by atoms with van der Waals surface area (Å²) in [4.78, 5) is 33.2. The number of carbonyl (C=O) groups excluding carboxylic acids is 2. The normalized spacial score (nSPS) is 14.8. The lowest BCUT2D eigenvalue weighted by Gasteiger charge is -2.33. The molecule has 7 heteroatoms. The Balaban J connectivity index is 1.37. The summed E-state index contributed by atoms with van der Waals surface area (Å²) in [7, 11) is 0. The smallest absolute Gasteiger partial charge is 0.303 e. The van der Waals surface area contributed by atoms with Crippen LogP contribution in [0.2, 0.25) is 5.02 Å². The first-order valence-corrected chi connectivity index (χ1v) is 13.9. The molecule has 0 aliphatic carbocycles. The van der Waals surface area contributed by atoms with Gasteiger partial charge in [0.25, 0.3) is 5.91 Å². The molecule has 0 spiro atoms. The molecule has 1 aliphatic heterocycles. The first-order chi connectivity index (χ1) is 18.4. The molecule has 2 heterocycles. The zero-order chi connectivity index (χ0) is 26.6. The van der Waals surface area contributed by atoms with Gasteiger partial charge < -0.3 is 9.64 Å². The van der Waals surface area contributed by atoms with Crippen molar-refractivity contribution in [3.05, 3.63) is 100 Å². The highest BCUT2D eigenvalue weighted by Crippen LogP contribution is 2.42. The summed E-state index contributed by atoms with van der Waals surface area (Å²) >= 11 is 7.88. The number of nitrogens with zero attached hydrogens (tertiary/aromatic N) is 2. The number of thiazole rings is 1. The molecule has 4 aromatic rings. The third kappa shape index (κ3) is 5.82. The average Bonchev–Trinajstić information content (AvgIpc) is 3.38. The Morgan fingerprint density at radius 2 is 1.58 bits per heavy atom. The van der Waals surface area contributed by atoms with Crippen molar-refractivity contribution in [3.63, 3.8) is 0 Å². The lowest BCUT2D eigenvalue weighted by Crippen LogP contribution is -2.41. The van der Waals surface area contributed by atoms with Crippen LogP contribution in [0.4, 0.5) is 0 Å². The van der Waals surface area contributed by atoms with Crippen molar-refractivity contribution in [3.8, 4) is 21.7 Å². The third-order valence-corrected chi connectivity index (χ3v) is 8.36. The molecule has 194 valence electrons. The predicted octanol–water partition coefficient (Wildman–Crippen LogP) is 7.45. The van der Waals surface area contributed by atoms with Crippen LogP contribution in [-0.4, -0.2) is 34.8 Å². The maximum Gasteiger partial charge on any atom is 0.303 e. The standard InChI is InChI=1S/C31H29ClN2O3S/c1-20-8-10-24(11-9-20)29-27(22-12-14-26(32)15-13-22)33-30(38-29)25-16-18-34(19-17-25)31(36)28(37-21(2)35)23-6-4-3-5-7-23/h3-15,25,28H,16-19H2,1-2H3. The predicted molar refractivity (Wildman–Crippen MR) is 152 cm³/mol. The van der Waals surface area contributed by atoms with E-state index in [9.17, 15) is 9.59 Å². The van der Waals surface area contributed by atoms with E-state index in [-0.39, 0.29) is 11.8 Å². The van der Waals surface area contributed by atoms with Crippen molar-refractivity contribution in [1.82, 2.24) is 9.88 Å². The van der Waals surface area contributed by atoms with E-state index in [1.54, 1.807) is 11.3 Å². The second-order valence-electron chi connectivity index (χ2n) is 9.60. The van der Waals surface area contributed by atoms with Crippen LogP contribution in [0, 0.1) is 6.92 Å². The highest BCUT2D eigenvalue weighted by Gasteiger charge is 2.33. The van der Waals surface area contributed by atoms with Crippen LogP contribution in [0.25, 0.3) is 21.7 Å². The van der Waals surface area contributed by atoms with Crippen LogP contribution in [0.15, 0.2) is 78.9 Å². The Kier molecular flexibility index (Phi) is 7.91. The Morgan fingerprint density at radius 3 is 2.21 bits per heavy atom. The number of esters is 1. The molecule has 5 nitrogen and oxygen atoms in total. The van der Waals surface area contributed by atoms with Gasteiger partial charge in [-0.1, -0.05) is 83.9 Å². The second-order valence-corrected chi connectivity index (χ2v) is 11.1. The van der Waals surface area contributed by atoms with Gasteiger partial charge in [-0.05, 0) is 37.5 Å². The number of benzene rings is 3. The molecule has 1 unspecified atom stereocenters. The van der Waals surface area contributed by atoms with E-state index in [1.807, 2.05) is 59.5 Å². The molecule has 1 aliphatic rings. The van der Waals surface area contributed by atoms with Crippen molar-refractivity contribution in [2.24, 2.45) is 0 Å². The minimum absolute atomic E-state index is 0.175. The summed E-state index contributed by atoms with van der Waals surface area (Å²) in [6.07, 6.45) is 0.678. The largest absolute Gasteiger partial charge is 0.447 e. The molecule has 5 rings (SSSR count). The summed E-state index contributed by atoms with van der Waals surface area (Å²) in [5, 5.41) is 1.78. The molecule has 1 amide bonds. The van der Waals surface area contributed by atoms with Gasteiger partial charge in [0.1, 0.15) is 0 Å². The minimum Gasteiger partial charge on any atom is -0.447 e. The molecule has 0 bridgehead atoms. The fraction of sp³-hybridized carbons (Fsp3) is 0.258. The fourth-order valence-corrected chi connectivity index (χ4v) is 6.17. The van der Waals surface area contributed by atoms with E-state index < -0.39 is 12.1 Å². The van der Waals surface area contributed by atoms with E-state index >= 15 is 0 Å². The van der Waals surface area contributed by atoms with Crippen molar-refractivity contribution in [2.45, 2.75) is 38.7 Å². The van der Waals surface area contributed by atoms with E-state index in [1.165, 1.54) is 12.5 Å². The van der Waals surface area contributed by atoms with Crippen LogP contribution in [0.5, 0.6) is 0 Å². The van der Waals surface area contributed by atoms with Crippen molar-refractivity contribution in [1.29, 1.82) is 0 Å². The number of aryl methyl sites for hydroxylation is 1. The van der Waals surface area contributed by atoms with E-state index in [4.69, 9.17) is 21.3 Å². The van der Waals surface area contributed by atoms with Gasteiger partial charge in [-0.3, -0.25) is 9.59 Å². The maximum atomic E-state index is 13.4. The fourth-order valence-electron chi connectivity index (χ4n) is 4.78. The van der Waals surface area contributed by atoms with Crippen LogP contribution in [0.1, 0.15) is 47.9 Å².